The van der Waals surface area contributed by atoms with Gasteiger partial charge in [0, 0.05) is 23.3 Å². The summed E-state index contributed by atoms with van der Waals surface area (Å²) in [5.41, 5.74) is 0.814. The van der Waals surface area contributed by atoms with Crippen LogP contribution in [0.4, 0.5) is 5.69 Å². The molecule has 0 amide bonds. The van der Waals surface area contributed by atoms with Crippen molar-refractivity contribution in [3.05, 3.63) is 33.9 Å². The zero-order valence-corrected chi connectivity index (χ0v) is 12.8. The second kappa shape index (κ2) is 5.60. The summed E-state index contributed by atoms with van der Waals surface area (Å²) >= 11 is 6.35. The molecule has 1 aromatic rings. The van der Waals surface area contributed by atoms with E-state index in [4.69, 9.17) is 16.3 Å². The standard InChI is InChI=1S/C15H20ClNO3/c1-4-15(5-2)13(16)9-14(15)20-12-7-6-10(3)8-11(12)17(18)19/h6-8,13-14H,4-5,9H2,1-3H3. The van der Waals surface area contributed by atoms with Crippen molar-refractivity contribution in [3.63, 3.8) is 0 Å². The summed E-state index contributed by atoms with van der Waals surface area (Å²) in [6.45, 7) is 6.02. The molecule has 1 fully saturated rings. The Morgan fingerprint density at radius 1 is 1.45 bits per heavy atom. The van der Waals surface area contributed by atoms with E-state index in [0.29, 0.717) is 5.75 Å². The predicted octanol–water partition coefficient (Wildman–Crippen LogP) is 4.47. The first-order valence-corrected chi connectivity index (χ1v) is 7.44. The zero-order chi connectivity index (χ0) is 14.9. The lowest BCUT2D eigenvalue weighted by atomic mass is 9.62. The molecule has 1 aliphatic carbocycles. The van der Waals surface area contributed by atoms with Gasteiger partial charge in [-0.25, -0.2) is 0 Å². The van der Waals surface area contributed by atoms with Gasteiger partial charge in [0.25, 0.3) is 0 Å². The molecular formula is C15H20ClNO3. The van der Waals surface area contributed by atoms with Crippen LogP contribution in [0.15, 0.2) is 18.2 Å². The third-order valence-electron chi connectivity index (χ3n) is 4.58. The van der Waals surface area contributed by atoms with Crippen molar-refractivity contribution in [2.24, 2.45) is 5.41 Å². The van der Waals surface area contributed by atoms with Gasteiger partial charge in [0.15, 0.2) is 5.75 Å². The van der Waals surface area contributed by atoms with Gasteiger partial charge in [0.05, 0.1) is 4.92 Å². The molecule has 1 aromatic carbocycles. The van der Waals surface area contributed by atoms with E-state index in [9.17, 15) is 10.1 Å². The van der Waals surface area contributed by atoms with Crippen molar-refractivity contribution in [2.75, 3.05) is 0 Å². The zero-order valence-electron chi connectivity index (χ0n) is 12.1. The van der Waals surface area contributed by atoms with Gasteiger partial charge in [-0.15, -0.1) is 11.6 Å². The predicted molar refractivity (Wildman–Crippen MR) is 79.5 cm³/mol. The fourth-order valence-corrected chi connectivity index (χ4v) is 3.65. The van der Waals surface area contributed by atoms with Crippen LogP contribution in [-0.2, 0) is 0 Å². The molecule has 4 nitrogen and oxygen atoms in total. The largest absolute Gasteiger partial charge is 0.483 e. The monoisotopic (exact) mass is 297 g/mol. The molecule has 20 heavy (non-hydrogen) atoms. The first-order valence-electron chi connectivity index (χ1n) is 7.00. The summed E-state index contributed by atoms with van der Waals surface area (Å²) in [7, 11) is 0. The van der Waals surface area contributed by atoms with Crippen LogP contribution in [-0.4, -0.2) is 16.4 Å². The third kappa shape index (κ3) is 2.37. The van der Waals surface area contributed by atoms with E-state index < -0.39 is 4.92 Å². The fraction of sp³-hybridized carbons (Fsp3) is 0.600. The molecule has 2 rings (SSSR count). The minimum absolute atomic E-state index is 0.0316. The minimum Gasteiger partial charge on any atom is -0.483 e. The van der Waals surface area contributed by atoms with Crippen molar-refractivity contribution in [1.29, 1.82) is 0 Å². The minimum atomic E-state index is -0.390. The third-order valence-corrected chi connectivity index (χ3v) is 5.20. The van der Waals surface area contributed by atoms with E-state index in [1.165, 1.54) is 0 Å². The maximum Gasteiger partial charge on any atom is 0.311 e. The van der Waals surface area contributed by atoms with Crippen molar-refractivity contribution >= 4 is 17.3 Å². The fourth-order valence-electron chi connectivity index (χ4n) is 3.04. The molecule has 1 aliphatic rings. The molecule has 1 saturated carbocycles. The van der Waals surface area contributed by atoms with Crippen LogP contribution in [0.3, 0.4) is 0 Å². The number of nitrogens with zero attached hydrogens (tertiary/aromatic N) is 1. The number of nitro benzene ring substituents is 1. The lowest BCUT2D eigenvalue weighted by Gasteiger charge is -2.52. The number of hydrogen-bond donors (Lipinski definition) is 0. The summed E-state index contributed by atoms with van der Waals surface area (Å²) in [6.07, 6.45) is 2.54. The van der Waals surface area contributed by atoms with Gasteiger partial charge in [-0.05, 0) is 31.4 Å². The highest BCUT2D eigenvalue weighted by molar-refractivity contribution is 6.21. The lowest BCUT2D eigenvalue weighted by Crippen LogP contribution is -2.56. The molecule has 0 aliphatic heterocycles. The summed E-state index contributed by atoms with van der Waals surface area (Å²) in [5.74, 6) is 0.348. The van der Waals surface area contributed by atoms with E-state index in [2.05, 4.69) is 13.8 Å². The van der Waals surface area contributed by atoms with Crippen LogP contribution in [0.5, 0.6) is 5.75 Å². The Morgan fingerprint density at radius 3 is 2.60 bits per heavy atom. The smallest absolute Gasteiger partial charge is 0.311 e. The molecule has 0 saturated heterocycles. The number of hydrogen-bond acceptors (Lipinski definition) is 3. The lowest BCUT2D eigenvalue weighted by molar-refractivity contribution is -0.386. The molecular weight excluding hydrogens is 278 g/mol. The SMILES string of the molecule is CCC1(CC)C(Cl)CC1Oc1ccc(C)cc1[N+](=O)[O-]. The Labute approximate surface area is 124 Å². The van der Waals surface area contributed by atoms with Gasteiger partial charge < -0.3 is 4.74 Å². The average Bonchev–Trinajstić information content (AvgIpc) is 2.41. The van der Waals surface area contributed by atoms with Crippen molar-refractivity contribution in [2.45, 2.75) is 51.5 Å². The maximum absolute atomic E-state index is 11.1. The Bertz CT molecular complexity index is 514. The van der Waals surface area contributed by atoms with Crippen LogP contribution in [0.1, 0.15) is 38.7 Å². The molecule has 2 unspecified atom stereocenters. The molecule has 2 atom stereocenters. The van der Waals surface area contributed by atoms with Crippen LogP contribution in [0, 0.1) is 22.5 Å². The van der Waals surface area contributed by atoms with Crippen LogP contribution in [0.2, 0.25) is 0 Å². The number of halogens is 1. The van der Waals surface area contributed by atoms with Gasteiger partial charge in [0.1, 0.15) is 6.10 Å². The normalized spacial score (nSPS) is 24.0. The van der Waals surface area contributed by atoms with E-state index in [1.807, 2.05) is 13.0 Å². The van der Waals surface area contributed by atoms with Gasteiger partial charge >= 0.3 is 5.69 Å². The first kappa shape index (κ1) is 15.1. The molecule has 0 radical (unpaired) electrons. The number of nitro groups is 1. The van der Waals surface area contributed by atoms with Crippen molar-refractivity contribution in [3.8, 4) is 5.75 Å². The van der Waals surface area contributed by atoms with Gasteiger partial charge in [0.2, 0.25) is 0 Å². The highest BCUT2D eigenvalue weighted by Crippen LogP contribution is 2.52. The van der Waals surface area contributed by atoms with Crippen molar-refractivity contribution < 1.29 is 9.66 Å². The Kier molecular flexibility index (Phi) is 4.23. The van der Waals surface area contributed by atoms with Crippen LogP contribution >= 0.6 is 11.6 Å². The summed E-state index contributed by atoms with van der Waals surface area (Å²) in [6, 6.07) is 5.07. The van der Waals surface area contributed by atoms with Gasteiger partial charge in [-0.3, -0.25) is 10.1 Å². The molecule has 0 bridgehead atoms. The highest BCUT2D eigenvalue weighted by atomic mass is 35.5. The second-order valence-electron chi connectivity index (χ2n) is 5.48. The number of ether oxygens (including phenoxy) is 1. The van der Waals surface area contributed by atoms with E-state index in [0.717, 1.165) is 24.8 Å². The van der Waals surface area contributed by atoms with E-state index >= 15 is 0 Å². The Morgan fingerprint density at radius 2 is 2.10 bits per heavy atom. The summed E-state index contributed by atoms with van der Waals surface area (Å²) in [5, 5.41) is 11.2. The van der Waals surface area contributed by atoms with E-state index in [1.54, 1.807) is 12.1 Å². The number of alkyl halides is 1. The Balaban J connectivity index is 2.25. The summed E-state index contributed by atoms with van der Waals surface area (Å²) < 4.78 is 5.94. The highest BCUT2D eigenvalue weighted by Gasteiger charge is 2.53. The number of aryl methyl sites for hydroxylation is 1. The molecule has 110 valence electrons. The van der Waals surface area contributed by atoms with Gasteiger partial charge in [-0.2, -0.15) is 0 Å². The first-order chi connectivity index (χ1) is 9.44. The van der Waals surface area contributed by atoms with E-state index in [-0.39, 0.29) is 22.6 Å². The molecule has 0 spiro atoms. The molecule has 5 heteroatoms. The van der Waals surface area contributed by atoms with Gasteiger partial charge in [-0.1, -0.05) is 19.9 Å². The molecule has 0 N–H and O–H groups in total. The van der Waals surface area contributed by atoms with Crippen molar-refractivity contribution in [1.82, 2.24) is 0 Å². The maximum atomic E-state index is 11.1. The number of rotatable bonds is 5. The Hall–Kier alpha value is -1.29. The topological polar surface area (TPSA) is 52.4 Å². The molecule has 0 aromatic heterocycles. The summed E-state index contributed by atoms with van der Waals surface area (Å²) in [4.78, 5) is 10.7. The second-order valence-corrected chi connectivity index (χ2v) is 6.01. The van der Waals surface area contributed by atoms with Crippen LogP contribution < -0.4 is 4.74 Å². The quantitative estimate of drug-likeness (QED) is 0.458. The number of benzene rings is 1. The molecule has 0 heterocycles. The van der Waals surface area contributed by atoms with Crippen LogP contribution in [0.25, 0.3) is 0 Å². The average molecular weight is 298 g/mol.